The first-order valence-corrected chi connectivity index (χ1v) is 20.6. The average molecular weight is 835 g/mol. The molecular weight excluding hydrogens is 789 g/mol. The molecule has 0 bridgehead atoms. The van der Waals surface area contributed by atoms with Crippen LogP contribution in [0.5, 0.6) is 0 Å². The Bertz CT molecular complexity index is 2010. The predicted molar refractivity (Wildman–Crippen MR) is 204 cm³/mol. The summed E-state index contributed by atoms with van der Waals surface area (Å²) in [5.41, 5.74) is -0.893. The molecule has 18 heteroatoms. The molecule has 56 heavy (non-hydrogen) atoms. The van der Waals surface area contributed by atoms with Gasteiger partial charge in [0.1, 0.15) is 29.3 Å². The van der Waals surface area contributed by atoms with Gasteiger partial charge in [0.05, 0.1) is 18.0 Å². The zero-order chi connectivity index (χ0) is 40.4. The SMILES string of the molecule is CC(C)(C)OC(=O)N[C@H]1CCOCCC/C=C\[C@H]2C[C@@]2(C(=O)NS(=O)(=O)c2ccc(Cl)cc2)NC(=O)[C@@H]2C[C@@H](OC(=O)N3Cc4cccc(Cl)c4C3)CN2C1=O. The number of rotatable bonds is 5. The van der Waals surface area contributed by atoms with E-state index in [1.165, 1.54) is 34.1 Å². The van der Waals surface area contributed by atoms with Crippen molar-refractivity contribution in [3.63, 3.8) is 0 Å². The van der Waals surface area contributed by atoms with Gasteiger partial charge in [-0.15, -0.1) is 0 Å². The van der Waals surface area contributed by atoms with E-state index in [4.69, 9.17) is 37.4 Å². The molecule has 1 saturated carbocycles. The van der Waals surface area contributed by atoms with Crippen molar-refractivity contribution in [2.24, 2.45) is 5.92 Å². The van der Waals surface area contributed by atoms with Crippen LogP contribution in [-0.4, -0.2) is 97.2 Å². The molecule has 0 radical (unpaired) electrons. The number of benzene rings is 2. The Kier molecular flexibility index (Phi) is 12.2. The van der Waals surface area contributed by atoms with Gasteiger partial charge in [-0.2, -0.15) is 0 Å². The summed E-state index contributed by atoms with van der Waals surface area (Å²) >= 11 is 12.3. The number of alkyl carbamates (subject to hydrolysis) is 1. The highest BCUT2D eigenvalue weighted by molar-refractivity contribution is 7.90. The number of ether oxygens (including phenoxy) is 3. The van der Waals surface area contributed by atoms with Crippen LogP contribution in [0.3, 0.4) is 0 Å². The van der Waals surface area contributed by atoms with Gasteiger partial charge in [0.15, 0.2) is 0 Å². The zero-order valence-corrected chi connectivity index (χ0v) is 33.5. The third-order valence-corrected chi connectivity index (χ3v) is 11.9. The van der Waals surface area contributed by atoms with Crippen LogP contribution in [0.2, 0.25) is 10.0 Å². The molecule has 1 aliphatic carbocycles. The number of halogens is 2. The lowest BCUT2D eigenvalue weighted by atomic mass is 10.1. The molecule has 5 atom stereocenters. The minimum absolute atomic E-state index is 0.0347. The summed E-state index contributed by atoms with van der Waals surface area (Å²) in [6.45, 7) is 5.71. The minimum atomic E-state index is -4.37. The maximum atomic E-state index is 14.4. The van der Waals surface area contributed by atoms with E-state index in [0.717, 1.165) is 11.1 Å². The Morgan fingerprint density at radius 2 is 1.79 bits per heavy atom. The summed E-state index contributed by atoms with van der Waals surface area (Å²) in [5, 5.41) is 6.21. The van der Waals surface area contributed by atoms with Gasteiger partial charge < -0.3 is 29.7 Å². The van der Waals surface area contributed by atoms with Crippen molar-refractivity contribution < 1.29 is 46.6 Å². The number of hydrogen-bond acceptors (Lipinski definition) is 10. The van der Waals surface area contributed by atoms with Crippen LogP contribution in [0.25, 0.3) is 0 Å². The van der Waals surface area contributed by atoms with E-state index in [-0.39, 0.29) is 50.4 Å². The summed E-state index contributed by atoms with van der Waals surface area (Å²) in [7, 11) is -4.37. The normalized spacial score (nSPS) is 26.2. The Hall–Kier alpha value is -4.38. The number of nitrogens with zero attached hydrogens (tertiary/aromatic N) is 2. The van der Waals surface area contributed by atoms with Gasteiger partial charge in [0.2, 0.25) is 11.8 Å². The minimum Gasteiger partial charge on any atom is -0.444 e. The first-order valence-electron chi connectivity index (χ1n) is 18.4. The molecule has 1 saturated heterocycles. The lowest BCUT2D eigenvalue weighted by Gasteiger charge is -2.30. The van der Waals surface area contributed by atoms with E-state index in [1.54, 1.807) is 39.0 Å². The predicted octanol–water partition coefficient (Wildman–Crippen LogP) is 4.45. The van der Waals surface area contributed by atoms with Crippen LogP contribution in [0.4, 0.5) is 9.59 Å². The highest BCUT2D eigenvalue weighted by atomic mass is 35.5. The van der Waals surface area contributed by atoms with Gasteiger partial charge in [0.25, 0.3) is 15.9 Å². The Balaban J connectivity index is 1.27. The second kappa shape index (κ2) is 16.6. The highest BCUT2D eigenvalue weighted by Gasteiger charge is 2.61. The second-order valence-corrected chi connectivity index (χ2v) is 17.8. The molecule has 4 aliphatic rings. The van der Waals surface area contributed by atoms with Crippen LogP contribution >= 0.6 is 23.2 Å². The molecule has 0 aromatic heterocycles. The molecule has 2 aromatic rings. The van der Waals surface area contributed by atoms with E-state index in [0.29, 0.717) is 29.5 Å². The van der Waals surface area contributed by atoms with Crippen molar-refractivity contribution >= 4 is 63.1 Å². The molecular formula is C38H45Cl2N5O10S. The summed E-state index contributed by atoms with van der Waals surface area (Å²) in [5.74, 6) is -2.98. The highest BCUT2D eigenvalue weighted by Crippen LogP contribution is 2.46. The number of nitrogens with one attached hydrogen (secondary N) is 3. The van der Waals surface area contributed by atoms with Crippen LogP contribution in [0.15, 0.2) is 59.5 Å². The van der Waals surface area contributed by atoms with Gasteiger partial charge in [0, 0.05) is 48.6 Å². The molecule has 5 amide bonds. The lowest BCUT2D eigenvalue weighted by molar-refractivity contribution is -0.141. The molecule has 2 aromatic carbocycles. The van der Waals surface area contributed by atoms with Crippen molar-refractivity contribution in [3.8, 4) is 0 Å². The maximum absolute atomic E-state index is 14.4. The van der Waals surface area contributed by atoms with E-state index in [2.05, 4.69) is 15.4 Å². The summed E-state index contributed by atoms with van der Waals surface area (Å²) in [6, 6.07) is 8.14. The molecule has 0 unspecified atom stereocenters. The fourth-order valence-corrected chi connectivity index (χ4v) is 8.47. The Morgan fingerprint density at radius 1 is 1.04 bits per heavy atom. The number of fused-ring (bicyclic) bond motifs is 3. The number of hydrogen-bond donors (Lipinski definition) is 3. The number of sulfonamides is 1. The third kappa shape index (κ3) is 9.59. The lowest BCUT2D eigenvalue weighted by Crippen LogP contribution is -2.58. The van der Waals surface area contributed by atoms with E-state index in [9.17, 15) is 32.4 Å². The first kappa shape index (κ1) is 41.3. The number of carbonyl (C=O) groups is 5. The zero-order valence-electron chi connectivity index (χ0n) is 31.2. The van der Waals surface area contributed by atoms with E-state index in [1.807, 2.05) is 12.1 Å². The smallest absolute Gasteiger partial charge is 0.410 e. The largest absolute Gasteiger partial charge is 0.444 e. The summed E-state index contributed by atoms with van der Waals surface area (Å²) in [4.78, 5) is 71.6. The van der Waals surface area contributed by atoms with Crippen LogP contribution < -0.4 is 15.4 Å². The van der Waals surface area contributed by atoms with Crippen molar-refractivity contribution in [2.45, 2.75) is 100 Å². The van der Waals surface area contributed by atoms with Gasteiger partial charge in [-0.05, 0) is 81.5 Å². The van der Waals surface area contributed by atoms with E-state index < -0.39 is 75.2 Å². The fourth-order valence-electron chi connectivity index (χ4n) is 7.05. The quantitative estimate of drug-likeness (QED) is 0.363. The maximum Gasteiger partial charge on any atom is 0.410 e. The van der Waals surface area contributed by atoms with Gasteiger partial charge in [-0.1, -0.05) is 47.5 Å². The van der Waals surface area contributed by atoms with Gasteiger partial charge >= 0.3 is 12.2 Å². The molecule has 0 spiro atoms. The average Bonchev–Trinajstić information content (AvgIpc) is 3.41. The number of allylic oxidation sites excluding steroid dienone is 1. The molecule has 2 fully saturated rings. The van der Waals surface area contributed by atoms with Crippen molar-refractivity contribution in [1.29, 1.82) is 0 Å². The van der Waals surface area contributed by atoms with Crippen LogP contribution in [0, 0.1) is 5.92 Å². The van der Waals surface area contributed by atoms with Crippen LogP contribution in [0.1, 0.15) is 64.0 Å². The topological polar surface area (TPSA) is 190 Å². The van der Waals surface area contributed by atoms with Crippen molar-refractivity contribution in [3.05, 3.63) is 75.8 Å². The first-order chi connectivity index (χ1) is 26.5. The standard InChI is InChI=1S/C38H45Cl2N5O10S/c1-37(2,3)55-35(49)41-30-15-17-53-16-6-4-5-9-24-19-38(24,34(48)43-56(51,52)27-13-11-25(39)12-14-27)42-32(46)31-18-26(21-45(31)33(30)47)54-36(50)44-20-23-8-7-10-29(40)28(23)22-44/h5,7-14,24,26,30-31H,4,6,15-22H2,1-3H3,(H,41,49)(H,42,46)(H,43,48)/b9-5-/t24-,26+,30-,31-,38+/m0/s1. The van der Waals surface area contributed by atoms with Crippen molar-refractivity contribution in [2.75, 3.05) is 19.8 Å². The molecule has 15 nitrogen and oxygen atoms in total. The van der Waals surface area contributed by atoms with E-state index >= 15 is 0 Å². The molecule has 3 N–H and O–H groups in total. The number of amides is 5. The molecule has 3 heterocycles. The Labute approximate surface area is 335 Å². The summed E-state index contributed by atoms with van der Waals surface area (Å²) in [6.07, 6.45) is 2.20. The fraction of sp³-hybridized carbons (Fsp3) is 0.500. The molecule has 3 aliphatic heterocycles. The monoisotopic (exact) mass is 833 g/mol. The summed E-state index contributed by atoms with van der Waals surface area (Å²) < 4.78 is 45.8. The van der Waals surface area contributed by atoms with Gasteiger partial charge in [-0.3, -0.25) is 19.3 Å². The van der Waals surface area contributed by atoms with Crippen LogP contribution in [-0.2, 0) is 51.7 Å². The third-order valence-electron chi connectivity index (χ3n) is 9.99. The number of carbonyl (C=O) groups excluding carboxylic acids is 5. The molecule has 302 valence electrons. The van der Waals surface area contributed by atoms with Gasteiger partial charge in [-0.25, -0.2) is 22.7 Å². The van der Waals surface area contributed by atoms with Crippen molar-refractivity contribution in [1.82, 2.24) is 25.2 Å². The Morgan fingerprint density at radius 3 is 2.50 bits per heavy atom. The molecule has 6 rings (SSSR count). The second-order valence-electron chi connectivity index (χ2n) is 15.3.